The fourth-order valence-corrected chi connectivity index (χ4v) is 7.07. The van der Waals surface area contributed by atoms with Crippen LogP contribution in [0.5, 0.6) is 0 Å². The van der Waals surface area contributed by atoms with Crippen molar-refractivity contribution in [1.82, 2.24) is 0 Å². The summed E-state index contributed by atoms with van der Waals surface area (Å²) in [5.41, 5.74) is 3.42. The first kappa shape index (κ1) is 20.9. The van der Waals surface area contributed by atoms with Gasteiger partial charge in [0.15, 0.2) is 0 Å². The van der Waals surface area contributed by atoms with Crippen molar-refractivity contribution in [3.8, 4) is 0 Å². The predicted octanol–water partition coefficient (Wildman–Crippen LogP) is 5.89. The highest BCUT2D eigenvalue weighted by Crippen LogP contribution is 2.60. The average molecular weight is 456 g/mol. The number of para-hydroxylation sites is 1. The van der Waals surface area contributed by atoms with Crippen LogP contribution < -0.4 is 4.90 Å². The van der Waals surface area contributed by atoms with E-state index in [1.165, 1.54) is 11.8 Å². The smallest absolute Gasteiger partial charge is 0.250 e. The second kappa shape index (κ2) is 8.49. The van der Waals surface area contributed by atoms with Crippen molar-refractivity contribution in [3.05, 3.63) is 114 Å². The standard InChI is InChI=1S/C27H21NO2S2/c29-18-21-16-17-23(19-10-4-1-5-11-19)27(24(21)20-12-6-2-7-13-20)25(30)28(26(31)32-27)22-14-8-3-9-15-22/h1-16,18,23-24H,17H2/t23-,24+,27-/m0/s1. The van der Waals surface area contributed by atoms with E-state index in [0.29, 0.717) is 16.3 Å². The van der Waals surface area contributed by atoms with Gasteiger partial charge < -0.3 is 0 Å². The van der Waals surface area contributed by atoms with Crippen LogP contribution in [0.2, 0.25) is 0 Å². The van der Waals surface area contributed by atoms with Gasteiger partial charge in [-0.25, -0.2) is 0 Å². The number of nitrogens with zero attached hydrogens (tertiary/aromatic N) is 1. The SMILES string of the molecule is O=CC1=CC[C@@H](c2ccccc2)[C@]2(SC(=S)N(c3ccccc3)C2=O)[C@@H]1c1ccccc1. The average Bonchev–Trinajstić information content (AvgIpc) is 3.10. The molecule has 1 aliphatic heterocycles. The number of thioether (sulfide) groups is 1. The van der Waals surface area contributed by atoms with Gasteiger partial charge in [-0.3, -0.25) is 14.5 Å². The summed E-state index contributed by atoms with van der Waals surface area (Å²) in [5.74, 6) is -0.583. The molecule has 5 rings (SSSR count). The van der Waals surface area contributed by atoms with Crippen LogP contribution in [0, 0.1) is 0 Å². The molecule has 5 heteroatoms. The van der Waals surface area contributed by atoms with Gasteiger partial charge >= 0.3 is 0 Å². The lowest BCUT2D eigenvalue weighted by atomic mass is 9.65. The molecule has 1 aliphatic carbocycles. The summed E-state index contributed by atoms with van der Waals surface area (Å²) < 4.78 is -0.420. The Hall–Kier alpha value is -3.02. The molecule has 3 atom stereocenters. The van der Waals surface area contributed by atoms with E-state index in [9.17, 15) is 9.59 Å². The lowest BCUT2D eigenvalue weighted by Crippen LogP contribution is -2.50. The first-order valence-electron chi connectivity index (χ1n) is 10.5. The Morgan fingerprint density at radius 1 is 0.875 bits per heavy atom. The third-order valence-corrected chi connectivity index (χ3v) is 8.15. The molecule has 158 valence electrons. The van der Waals surface area contributed by atoms with Crippen LogP contribution >= 0.6 is 24.0 Å². The number of anilines is 1. The Bertz CT molecular complexity index is 1190. The minimum absolute atomic E-state index is 0.0612. The van der Waals surface area contributed by atoms with Gasteiger partial charge in [-0.2, -0.15) is 0 Å². The quantitative estimate of drug-likeness (QED) is 0.363. The predicted molar refractivity (Wildman–Crippen MR) is 134 cm³/mol. The normalized spacial score (nSPS) is 25.1. The Labute approximate surface area is 197 Å². The maximum atomic E-state index is 14.4. The van der Waals surface area contributed by atoms with E-state index < -0.39 is 10.7 Å². The third-order valence-electron chi connectivity index (χ3n) is 6.33. The van der Waals surface area contributed by atoms with Crippen LogP contribution in [0.4, 0.5) is 5.69 Å². The molecule has 0 radical (unpaired) electrons. The zero-order chi connectivity index (χ0) is 22.1. The van der Waals surface area contributed by atoms with Gasteiger partial charge in [0.05, 0.1) is 5.69 Å². The fourth-order valence-electron chi connectivity index (χ4n) is 4.96. The molecule has 3 aromatic carbocycles. The molecule has 1 saturated heterocycles. The van der Waals surface area contributed by atoms with E-state index in [1.54, 1.807) is 4.90 Å². The number of benzene rings is 3. The summed E-state index contributed by atoms with van der Waals surface area (Å²) >= 11 is 7.23. The fraction of sp³-hybridized carbons (Fsp3) is 0.148. The molecule has 32 heavy (non-hydrogen) atoms. The van der Waals surface area contributed by atoms with Crippen LogP contribution in [0.1, 0.15) is 29.4 Å². The molecule has 0 saturated carbocycles. The molecule has 0 unspecified atom stereocenters. The van der Waals surface area contributed by atoms with Crippen LogP contribution in [-0.2, 0) is 9.59 Å². The van der Waals surface area contributed by atoms with E-state index >= 15 is 0 Å². The minimum atomic E-state index is -0.944. The number of amides is 1. The molecule has 1 spiro atoms. The maximum Gasteiger partial charge on any atom is 0.250 e. The molecule has 0 N–H and O–H groups in total. The van der Waals surface area contributed by atoms with Crippen molar-refractivity contribution in [3.63, 3.8) is 0 Å². The zero-order valence-electron chi connectivity index (χ0n) is 17.3. The van der Waals surface area contributed by atoms with Crippen molar-refractivity contribution >= 4 is 46.2 Å². The summed E-state index contributed by atoms with van der Waals surface area (Å²) in [6.07, 6.45) is 3.50. The van der Waals surface area contributed by atoms with Gasteiger partial charge in [-0.05, 0) is 35.3 Å². The molecule has 1 fully saturated rings. The van der Waals surface area contributed by atoms with Gasteiger partial charge in [0, 0.05) is 11.8 Å². The molecule has 1 heterocycles. The summed E-state index contributed by atoms with van der Waals surface area (Å²) in [6, 6.07) is 29.5. The highest BCUT2D eigenvalue weighted by molar-refractivity contribution is 8.25. The molecule has 0 bridgehead atoms. The van der Waals surface area contributed by atoms with Crippen molar-refractivity contribution in [2.45, 2.75) is 23.0 Å². The van der Waals surface area contributed by atoms with Gasteiger partial charge in [-0.15, -0.1) is 0 Å². The molecular formula is C27H21NO2S2. The number of allylic oxidation sites excluding steroid dienone is 2. The van der Waals surface area contributed by atoms with E-state index in [4.69, 9.17) is 12.2 Å². The van der Waals surface area contributed by atoms with Gasteiger partial charge in [0.2, 0.25) is 0 Å². The molecule has 1 amide bonds. The topological polar surface area (TPSA) is 37.4 Å². The Kier molecular flexibility index (Phi) is 5.53. The Balaban J connectivity index is 1.75. The first-order valence-corrected chi connectivity index (χ1v) is 11.8. The highest BCUT2D eigenvalue weighted by Gasteiger charge is 2.62. The second-order valence-corrected chi connectivity index (χ2v) is 9.91. The van der Waals surface area contributed by atoms with E-state index in [0.717, 1.165) is 23.1 Å². The van der Waals surface area contributed by atoms with Crippen molar-refractivity contribution in [1.29, 1.82) is 0 Å². The molecule has 2 aliphatic rings. The zero-order valence-corrected chi connectivity index (χ0v) is 18.9. The number of hydrogen-bond donors (Lipinski definition) is 0. The van der Waals surface area contributed by atoms with E-state index in [1.807, 2.05) is 84.9 Å². The lowest BCUT2D eigenvalue weighted by Gasteiger charge is -2.44. The van der Waals surface area contributed by atoms with E-state index in [2.05, 4.69) is 12.1 Å². The van der Waals surface area contributed by atoms with Crippen molar-refractivity contribution < 1.29 is 9.59 Å². The molecule has 0 aromatic heterocycles. The number of rotatable bonds is 4. The van der Waals surface area contributed by atoms with Crippen molar-refractivity contribution in [2.24, 2.45) is 0 Å². The van der Waals surface area contributed by atoms with Crippen LogP contribution in [0.25, 0.3) is 0 Å². The summed E-state index contributed by atoms with van der Waals surface area (Å²) in [4.78, 5) is 28.3. The van der Waals surface area contributed by atoms with E-state index in [-0.39, 0.29) is 11.8 Å². The lowest BCUT2D eigenvalue weighted by molar-refractivity contribution is -0.120. The first-order chi connectivity index (χ1) is 15.7. The number of thiocarbonyl (C=S) groups is 1. The number of carbonyl (C=O) groups is 2. The maximum absolute atomic E-state index is 14.4. The monoisotopic (exact) mass is 455 g/mol. The summed E-state index contributed by atoms with van der Waals surface area (Å²) in [6.45, 7) is 0. The number of carbonyl (C=O) groups excluding carboxylic acids is 2. The summed E-state index contributed by atoms with van der Waals surface area (Å²) in [5, 5.41) is 0. The van der Waals surface area contributed by atoms with Gasteiger partial charge in [-0.1, -0.05) is 109 Å². The molecule has 3 aromatic rings. The number of aldehydes is 1. The minimum Gasteiger partial charge on any atom is -0.298 e. The Morgan fingerprint density at radius 3 is 2.03 bits per heavy atom. The third kappa shape index (κ3) is 3.24. The van der Waals surface area contributed by atoms with Crippen LogP contribution in [-0.4, -0.2) is 21.3 Å². The van der Waals surface area contributed by atoms with Gasteiger partial charge in [0.1, 0.15) is 15.4 Å². The summed E-state index contributed by atoms with van der Waals surface area (Å²) in [7, 11) is 0. The van der Waals surface area contributed by atoms with Gasteiger partial charge in [0.25, 0.3) is 5.91 Å². The largest absolute Gasteiger partial charge is 0.298 e. The number of hydrogen-bond acceptors (Lipinski definition) is 4. The molecular weight excluding hydrogens is 434 g/mol. The molecule has 3 nitrogen and oxygen atoms in total. The highest BCUT2D eigenvalue weighted by atomic mass is 32.2. The Morgan fingerprint density at radius 2 is 1.44 bits per heavy atom. The second-order valence-electron chi connectivity index (χ2n) is 8.00. The van der Waals surface area contributed by atoms with Crippen LogP contribution in [0.3, 0.4) is 0 Å². The van der Waals surface area contributed by atoms with Crippen molar-refractivity contribution in [2.75, 3.05) is 4.90 Å². The van der Waals surface area contributed by atoms with Crippen LogP contribution in [0.15, 0.2) is 103 Å².